The lowest BCUT2D eigenvalue weighted by molar-refractivity contribution is 0.582. The van der Waals surface area contributed by atoms with E-state index in [1.165, 1.54) is 0 Å². The Bertz CT molecular complexity index is 772. The van der Waals surface area contributed by atoms with Crippen LogP contribution < -0.4 is 0 Å². The molecule has 1 heterocycles. The van der Waals surface area contributed by atoms with Crippen LogP contribution in [0.3, 0.4) is 0 Å². The van der Waals surface area contributed by atoms with Crippen LogP contribution in [-0.2, 0) is 22.6 Å². The van der Waals surface area contributed by atoms with Gasteiger partial charge in [-0.1, -0.05) is 29.3 Å². The van der Waals surface area contributed by atoms with Gasteiger partial charge < -0.3 is 4.57 Å². The largest absolute Gasteiger partial charge is 0.317 e. The molecule has 0 aliphatic rings. The average molecular weight is 348 g/mol. The molecule has 2 rings (SSSR count). The normalized spacial score (nSPS) is 13.4. The highest BCUT2D eigenvalue weighted by Gasteiger charge is 2.26. The van der Waals surface area contributed by atoms with E-state index in [-0.39, 0.29) is 5.75 Å². The molecule has 8 heteroatoms. The molecular weight excluding hydrogens is 333 g/mol. The molecule has 0 amide bonds. The quantitative estimate of drug-likeness (QED) is 0.852. The molecule has 1 atom stereocenters. The Morgan fingerprint density at radius 3 is 2.43 bits per heavy atom. The second-order valence-corrected chi connectivity index (χ2v) is 7.98. The van der Waals surface area contributed by atoms with Crippen molar-refractivity contribution in [1.29, 1.82) is 0 Å². The van der Waals surface area contributed by atoms with Crippen molar-refractivity contribution in [1.82, 2.24) is 14.8 Å². The minimum atomic E-state index is -3.43. The van der Waals surface area contributed by atoms with Crippen molar-refractivity contribution >= 4 is 33.0 Å². The van der Waals surface area contributed by atoms with E-state index in [1.807, 2.05) is 0 Å². The second-order valence-electron chi connectivity index (χ2n) is 4.85. The van der Waals surface area contributed by atoms with E-state index in [0.717, 1.165) is 0 Å². The monoisotopic (exact) mass is 347 g/mol. The molecule has 0 aliphatic heterocycles. The summed E-state index contributed by atoms with van der Waals surface area (Å²) in [7, 11) is -1.69. The predicted molar refractivity (Wildman–Crippen MR) is 83.2 cm³/mol. The molecule has 0 N–H and O–H groups in total. The summed E-state index contributed by atoms with van der Waals surface area (Å²) in [6, 6.07) is 4.84. The molecule has 0 saturated heterocycles. The van der Waals surface area contributed by atoms with Gasteiger partial charge in [-0.05, 0) is 31.5 Å². The highest BCUT2D eigenvalue weighted by atomic mass is 35.5. The van der Waals surface area contributed by atoms with Gasteiger partial charge in [-0.2, -0.15) is 0 Å². The van der Waals surface area contributed by atoms with Crippen molar-refractivity contribution in [2.24, 2.45) is 7.05 Å². The summed E-state index contributed by atoms with van der Waals surface area (Å²) >= 11 is 11.8. The predicted octanol–water partition coefficient (Wildman–Crippen LogP) is 3.11. The first-order valence-electron chi connectivity index (χ1n) is 6.23. The number of aryl methyl sites for hydroxylation is 1. The number of aromatic nitrogens is 3. The van der Waals surface area contributed by atoms with Gasteiger partial charge in [-0.3, -0.25) is 0 Å². The maximum atomic E-state index is 12.5. The molecule has 0 fully saturated rings. The maximum absolute atomic E-state index is 12.5. The van der Waals surface area contributed by atoms with E-state index >= 15 is 0 Å². The molecule has 0 radical (unpaired) electrons. The molecule has 0 saturated carbocycles. The van der Waals surface area contributed by atoms with Crippen molar-refractivity contribution in [3.8, 4) is 0 Å². The number of hydrogen-bond donors (Lipinski definition) is 0. The summed E-state index contributed by atoms with van der Waals surface area (Å²) in [6.07, 6.45) is 0. The molecule has 0 aliphatic carbocycles. The Hall–Kier alpha value is -1.11. The van der Waals surface area contributed by atoms with Crippen molar-refractivity contribution in [2.45, 2.75) is 24.9 Å². The van der Waals surface area contributed by atoms with Gasteiger partial charge in [0.25, 0.3) is 0 Å². The molecule has 5 nitrogen and oxygen atoms in total. The smallest absolute Gasteiger partial charge is 0.164 e. The van der Waals surface area contributed by atoms with E-state index in [1.54, 1.807) is 43.7 Å². The standard InChI is InChI=1S/C13H15Cl2N3O2S/c1-8(10-4-5-11(14)12(15)6-10)21(19,20)7-13-17-16-9(2)18(13)3/h4-6,8H,7H2,1-3H3/t8-/m1/s1. The number of rotatable bonds is 4. The lowest BCUT2D eigenvalue weighted by Crippen LogP contribution is -2.15. The Morgan fingerprint density at radius 1 is 1.24 bits per heavy atom. The fraction of sp³-hybridized carbons (Fsp3) is 0.385. The molecule has 0 bridgehead atoms. The molecule has 21 heavy (non-hydrogen) atoms. The zero-order valence-corrected chi connectivity index (χ0v) is 14.2. The van der Waals surface area contributed by atoms with Gasteiger partial charge in [0.2, 0.25) is 0 Å². The van der Waals surface area contributed by atoms with Crippen LogP contribution in [0.4, 0.5) is 0 Å². The van der Waals surface area contributed by atoms with Gasteiger partial charge in [0.05, 0.1) is 15.3 Å². The Balaban J connectivity index is 2.30. The average Bonchev–Trinajstić information content (AvgIpc) is 2.72. The summed E-state index contributed by atoms with van der Waals surface area (Å²) in [4.78, 5) is 0. The van der Waals surface area contributed by atoms with Crippen LogP contribution in [0.25, 0.3) is 0 Å². The summed E-state index contributed by atoms with van der Waals surface area (Å²) in [5, 5.41) is 7.79. The van der Waals surface area contributed by atoms with Gasteiger partial charge in [-0.25, -0.2) is 8.42 Å². The number of benzene rings is 1. The van der Waals surface area contributed by atoms with Gasteiger partial charge in [-0.15, -0.1) is 10.2 Å². The Morgan fingerprint density at radius 2 is 1.90 bits per heavy atom. The van der Waals surface area contributed by atoms with Crippen LogP contribution in [0.1, 0.15) is 29.4 Å². The molecule has 1 aromatic carbocycles. The van der Waals surface area contributed by atoms with Crippen LogP contribution in [0, 0.1) is 6.92 Å². The number of nitrogens with zero attached hydrogens (tertiary/aromatic N) is 3. The summed E-state index contributed by atoms with van der Waals surface area (Å²) in [5.74, 6) is 0.910. The molecule has 114 valence electrons. The summed E-state index contributed by atoms with van der Waals surface area (Å²) in [6.45, 7) is 3.39. The first kappa shape index (κ1) is 16.3. The third-order valence-corrected chi connectivity index (χ3v) is 6.21. The first-order chi connectivity index (χ1) is 9.72. The fourth-order valence-corrected chi connectivity index (χ4v) is 3.58. The third kappa shape index (κ3) is 3.39. The van der Waals surface area contributed by atoms with Gasteiger partial charge in [0, 0.05) is 7.05 Å². The lowest BCUT2D eigenvalue weighted by Gasteiger charge is -2.14. The van der Waals surface area contributed by atoms with E-state index in [0.29, 0.717) is 27.3 Å². The summed E-state index contributed by atoms with van der Waals surface area (Å²) in [5.41, 5.74) is 0.600. The number of hydrogen-bond acceptors (Lipinski definition) is 4. The second kappa shape index (κ2) is 5.94. The molecule has 0 spiro atoms. The van der Waals surface area contributed by atoms with E-state index in [9.17, 15) is 8.42 Å². The van der Waals surface area contributed by atoms with E-state index in [2.05, 4.69) is 10.2 Å². The van der Waals surface area contributed by atoms with Gasteiger partial charge in [0.15, 0.2) is 9.84 Å². The SMILES string of the molecule is Cc1nnc(CS(=O)(=O)[C@H](C)c2ccc(Cl)c(Cl)c2)n1C. The highest BCUT2D eigenvalue weighted by molar-refractivity contribution is 7.90. The van der Waals surface area contributed by atoms with Crippen LogP contribution in [0.5, 0.6) is 0 Å². The van der Waals surface area contributed by atoms with E-state index in [4.69, 9.17) is 23.2 Å². The minimum absolute atomic E-state index is 0.175. The lowest BCUT2D eigenvalue weighted by atomic mass is 10.2. The topological polar surface area (TPSA) is 64.8 Å². The van der Waals surface area contributed by atoms with Crippen LogP contribution in [0.2, 0.25) is 10.0 Å². The van der Waals surface area contributed by atoms with Crippen molar-refractivity contribution in [2.75, 3.05) is 0 Å². The molecular formula is C13H15Cl2N3O2S. The fourth-order valence-electron chi connectivity index (χ4n) is 1.85. The third-order valence-electron chi connectivity index (χ3n) is 3.46. The van der Waals surface area contributed by atoms with Crippen molar-refractivity contribution < 1.29 is 8.42 Å². The van der Waals surface area contributed by atoms with E-state index < -0.39 is 15.1 Å². The zero-order chi connectivity index (χ0) is 15.8. The zero-order valence-electron chi connectivity index (χ0n) is 11.8. The molecule has 1 aromatic heterocycles. The first-order valence-corrected chi connectivity index (χ1v) is 8.71. The molecule has 2 aromatic rings. The van der Waals surface area contributed by atoms with Crippen LogP contribution in [-0.4, -0.2) is 23.2 Å². The number of sulfone groups is 1. The van der Waals surface area contributed by atoms with Crippen molar-refractivity contribution in [3.05, 3.63) is 45.5 Å². The van der Waals surface area contributed by atoms with Crippen molar-refractivity contribution in [3.63, 3.8) is 0 Å². The Kier molecular flexibility index (Phi) is 4.60. The number of halogens is 2. The summed E-state index contributed by atoms with van der Waals surface area (Å²) < 4.78 is 26.7. The highest BCUT2D eigenvalue weighted by Crippen LogP contribution is 2.30. The molecule has 0 unspecified atom stereocenters. The van der Waals surface area contributed by atoms with Gasteiger partial charge in [0.1, 0.15) is 17.4 Å². The van der Waals surface area contributed by atoms with Gasteiger partial charge >= 0.3 is 0 Å². The van der Waals surface area contributed by atoms with Crippen LogP contribution in [0.15, 0.2) is 18.2 Å². The minimum Gasteiger partial charge on any atom is -0.317 e. The maximum Gasteiger partial charge on any atom is 0.164 e. The van der Waals surface area contributed by atoms with Crippen LogP contribution >= 0.6 is 23.2 Å². The Labute approximate surface area is 133 Å².